The zero-order valence-corrected chi connectivity index (χ0v) is 17.2. The summed E-state index contributed by atoms with van der Waals surface area (Å²) in [5.74, 6) is 0.233. The molecule has 1 atom stereocenters. The van der Waals surface area contributed by atoms with E-state index in [4.69, 9.17) is 16.3 Å². The first-order valence-corrected chi connectivity index (χ1v) is 10.3. The van der Waals surface area contributed by atoms with Gasteiger partial charge in [0.1, 0.15) is 0 Å². The Hall–Kier alpha value is -1.67. The summed E-state index contributed by atoms with van der Waals surface area (Å²) in [5, 5.41) is 3.96. The van der Waals surface area contributed by atoms with Crippen molar-refractivity contribution in [2.45, 2.75) is 13.0 Å². The molecule has 1 aromatic carbocycles. The molecule has 154 valence electrons. The zero-order valence-electron chi connectivity index (χ0n) is 16.4. The van der Waals surface area contributed by atoms with Crippen LogP contribution in [0.4, 0.5) is 0 Å². The van der Waals surface area contributed by atoms with Gasteiger partial charge in [-0.05, 0) is 18.6 Å². The summed E-state index contributed by atoms with van der Waals surface area (Å²) in [7, 11) is 0. The molecule has 2 fully saturated rings. The van der Waals surface area contributed by atoms with Crippen molar-refractivity contribution >= 4 is 23.4 Å². The minimum atomic E-state index is 0.00471. The number of nitrogens with zero attached hydrogens (tertiary/aromatic N) is 3. The van der Waals surface area contributed by atoms with E-state index in [1.807, 2.05) is 41.0 Å². The van der Waals surface area contributed by atoms with Crippen molar-refractivity contribution in [3.8, 4) is 0 Å². The minimum absolute atomic E-state index is 0.00471. The van der Waals surface area contributed by atoms with Crippen molar-refractivity contribution in [1.82, 2.24) is 20.0 Å². The van der Waals surface area contributed by atoms with Crippen LogP contribution in [0.25, 0.3) is 0 Å². The van der Waals surface area contributed by atoms with Crippen molar-refractivity contribution < 1.29 is 14.3 Å². The van der Waals surface area contributed by atoms with Crippen LogP contribution in [0.3, 0.4) is 0 Å². The highest BCUT2D eigenvalue weighted by Gasteiger charge is 2.25. The first kappa shape index (κ1) is 21.0. The number of hydrogen-bond acceptors (Lipinski definition) is 5. The predicted molar refractivity (Wildman–Crippen MR) is 108 cm³/mol. The fourth-order valence-corrected chi connectivity index (χ4v) is 3.85. The highest BCUT2D eigenvalue weighted by molar-refractivity contribution is 6.31. The Kier molecular flexibility index (Phi) is 7.67. The molecule has 8 heteroatoms. The van der Waals surface area contributed by atoms with Crippen LogP contribution in [-0.4, -0.2) is 92.1 Å². The van der Waals surface area contributed by atoms with E-state index in [0.717, 1.165) is 18.7 Å². The third-order valence-corrected chi connectivity index (χ3v) is 5.72. The molecule has 0 spiro atoms. The summed E-state index contributed by atoms with van der Waals surface area (Å²) in [5.41, 5.74) is 0.989. The van der Waals surface area contributed by atoms with Crippen LogP contribution in [0.5, 0.6) is 0 Å². The standard InChI is InChI=1S/C20H29ClN4O3/c1-16(17-4-2-3-5-18(17)21)22-14-19(26)24-8-6-23(7-9-24)15-20(27)25-10-12-28-13-11-25/h2-5,16,22H,6-15H2,1H3. The van der Waals surface area contributed by atoms with Gasteiger partial charge in [0.15, 0.2) is 0 Å². The van der Waals surface area contributed by atoms with Crippen molar-refractivity contribution in [3.63, 3.8) is 0 Å². The maximum absolute atomic E-state index is 12.5. The average Bonchev–Trinajstić information content (AvgIpc) is 2.73. The summed E-state index contributed by atoms with van der Waals surface area (Å²) in [6.45, 7) is 8.03. The topological polar surface area (TPSA) is 65.1 Å². The molecule has 1 N–H and O–H groups in total. The lowest BCUT2D eigenvalue weighted by Gasteiger charge is -2.36. The Morgan fingerprint density at radius 3 is 2.36 bits per heavy atom. The van der Waals surface area contributed by atoms with Gasteiger partial charge in [-0.15, -0.1) is 0 Å². The molecule has 0 bridgehead atoms. The first-order valence-electron chi connectivity index (χ1n) is 9.88. The van der Waals surface area contributed by atoms with E-state index in [1.54, 1.807) is 0 Å². The highest BCUT2D eigenvalue weighted by atomic mass is 35.5. The van der Waals surface area contributed by atoms with Gasteiger partial charge < -0.3 is 19.9 Å². The fraction of sp³-hybridized carbons (Fsp3) is 0.600. The van der Waals surface area contributed by atoms with Crippen LogP contribution < -0.4 is 5.32 Å². The largest absolute Gasteiger partial charge is 0.378 e. The molecular formula is C20H29ClN4O3. The molecule has 2 amide bonds. The van der Waals surface area contributed by atoms with E-state index in [1.165, 1.54) is 0 Å². The molecule has 1 unspecified atom stereocenters. The second-order valence-electron chi connectivity index (χ2n) is 7.27. The molecule has 0 aliphatic carbocycles. The number of piperazine rings is 1. The summed E-state index contributed by atoms with van der Waals surface area (Å²) in [6.07, 6.45) is 0. The maximum atomic E-state index is 12.5. The second kappa shape index (κ2) is 10.2. The average molecular weight is 409 g/mol. The third kappa shape index (κ3) is 5.67. The van der Waals surface area contributed by atoms with Crippen LogP contribution in [-0.2, 0) is 14.3 Å². The Balaban J connectivity index is 1.39. The van der Waals surface area contributed by atoms with Gasteiger partial charge in [-0.25, -0.2) is 0 Å². The highest BCUT2D eigenvalue weighted by Crippen LogP contribution is 2.21. The van der Waals surface area contributed by atoms with Gasteiger partial charge in [0, 0.05) is 50.3 Å². The SMILES string of the molecule is CC(NCC(=O)N1CCN(CC(=O)N2CCOCC2)CC1)c1ccccc1Cl. The van der Waals surface area contributed by atoms with Gasteiger partial charge in [-0.1, -0.05) is 29.8 Å². The zero-order chi connectivity index (χ0) is 19.9. The van der Waals surface area contributed by atoms with Crippen molar-refractivity contribution in [2.75, 3.05) is 65.6 Å². The van der Waals surface area contributed by atoms with Gasteiger partial charge in [0.2, 0.25) is 11.8 Å². The Morgan fingerprint density at radius 2 is 1.68 bits per heavy atom. The van der Waals surface area contributed by atoms with Crippen LogP contribution >= 0.6 is 11.6 Å². The van der Waals surface area contributed by atoms with E-state index < -0.39 is 0 Å². The number of benzene rings is 1. The monoisotopic (exact) mass is 408 g/mol. The number of amides is 2. The molecule has 0 radical (unpaired) electrons. The minimum Gasteiger partial charge on any atom is -0.378 e. The lowest BCUT2D eigenvalue weighted by Crippen LogP contribution is -2.53. The Labute approximate surface area is 171 Å². The number of halogens is 1. The van der Waals surface area contributed by atoms with Crippen LogP contribution in [0, 0.1) is 0 Å². The summed E-state index contributed by atoms with van der Waals surface area (Å²) < 4.78 is 5.29. The molecule has 0 aromatic heterocycles. The Bertz CT molecular complexity index is 673. The molecule has 28 heavy (non-hydrogen) atoms. The number of nitrogens with one attached hydrogen (secondary N) is 1. The smallest absolute Gasteiger partial charge is 0.236 e. The molecule has 0 saturated carbocycles. The molecule has 2 saturated heterocycles. The number of rotatable bonds is 6. The van der Waals surface area contributed by atoms with E-state index in [9.17, 15) is 9.59 Å². The van der Waals surface area contributed by atoms with Gasteiger partial charge in [0.25, 0.3) is 0 Å². The number of carbonyl (C=O) groups is 2. The summed E-state index contributed by atoms with van der Waals surface area (Å²) in [4.78, 5) is 30.7. The van der Waals surface area contributed by atoms with Crippen molar-refractivity contribution in [3.05, 3.63) is 34.9 Å². The summed E-state index contributed by atoms with van der Waals surface area (Å²) in [6, 6.07) is 7.67. The first-order chi connectivity index (χ1) is 13.5. The predicted octanol–water partition coefficient (Wildman–Crippen LogP) is 0.994. The van der Waals surface area contributed by atoms with E-state index in [0.29, 0.717) is 51.0 Å². The van der Waals surface area contributed by atoms with E-state index >= 15 is 0 Å². The van der Waals surface area contributed by atoms with Gasteiger partial charge in [-0.2, -0.15) is 0 Å². The van der Waals surface area contributed by atoms with E-state index in [2.05, 4.69) is 10.2 Å². The van der Waals surface area contributed by atoms with Crippen molar-refractivity contribution in [1.29, 1.82) is 0 Å². The fourth-order valence-electron chi connectivity index (χ4n) is 3.55. The molecule has 2 aliphatic heterocycles. The van der Waals surface area contributed by atoms with Gasteiger partial charge in [-0.3, -0.25) is 14.5 Å². The van der Waals surface area contributed by atoms with Crippen molar-refractivity contribution in [2.24, 2.45) is 0 Å². The molecular weight excluding hydrogens is 380 g/mol. The molecule has 2 heterocycles. The lowest BCUT2D eigenvalue weighted by molar-refractivity contribution is -0.137. The molecule has 3 rings (SSSR count). The molecule has 2 aliphatic rings. The normalized spacial score (nSPS) is 19.5. The van der Waals surface area contributed by atoms with Crippen LogP contribution in [0.1, 0.15) is 18.5 Å². The lowest BCUT2D eigenvalue weighted by atomic mass is 10.1. The molecule has 1 aromatic rings. The second-order valence-corrected chi connectivity index (χ2v) is 7.68. The Morgan fingerprint density at radius 1 is 1.04 bits per heavy atom. The number of ether oxygens (including phenoxy) is 1. The van der Waals surface area contributed by atoms with Gasteiger partial charge >= 0.3 is 0 Å². The van der Waals surface area contributed by atoms with Crippen LogP contribution in [0.15, 0.2) is 24.3 Å². The number of carbonyl (C=O) groups excluding carboxylic acids is 2. The van der Waals surface area contributed by atoms with E-state index in [-0.39, 0.29) is 24.4 Å². The maximum Gasteiger partial charge on any atom is 0.236 e. The van der Waals surface area contributed by atoms with Crippen LogP contribution in [0.2, 0.25) is 5.02 Å². The molecule has 7 nitrogen and oxygen atoms in total. The number of hydrogen-bond donors (Lipinski definition) is 1. The van der Waals surface area contributed by atoms with Gasteiger partial charge in [0.05, 0.1) is 26.3 Å². The number of morpholine rings is 1. The third-order valence-electron chi connectivity index (χ3n) is 5.38. The quantitative estimate of drug-likeness (QED) is 0.760. The summed E-state index contributed by atoms with van der Waals surface area (Å²) >= 11 is 6.22.